The summed E-state index contributed by atoms with van der Waals surface area (Å²) in [5, 5.41) is 0. The van der Waals surface area contributed by atoms with Gasteiger partial charge >= 0.3 is 5.97 Å². The first-order chi connectivity index (χ1) is 10.0. The minimum atomic E-state index is -0.589. The second-order valence-electron chi connectivity index (χ2n) is 4.81. The van der Waals surface area contributed by atoms with Crippen LogP contribution in [0.5, 0.6) is 0 Å². The summed E-state index contributed by atoms with van der Waals surface area (Å²) in [6, 6.07) is 6.76. The zero-order valence-corrected chi connectivity index (χ0v) is 14.4. The fraction of sp³-hybridized carbons (Fsp3) is 0.500. The number of amides is 1. The number of hydrogen-bond acceptors (Lipinski definition) is 3. The molecule has 5 heteroatoms. The van der Waals surface area contributed by atoms with Crippen LogP contribution in [0.25, 0.3) is 0 Å². The Labute approximate surface area is 134 Å². The molecule has 0 fully saturated rings. The van der Waals surface area contributed by atoms with E-state index in [4.69, 9.17) is 4.74 Å². The van der Waals surface area contributed by atoms with Gasteiger partial charge in [0.1, 0.15) is 6.04 Å². The maximum Gasteiger partial charge on any atom is 0.329 e. The molecular formula is C16H22BrNO3. The first kappa shape index (κ1) is 17.7. The molecule has 0 bridgehead atoms. The van der Waals surface area contributed by atoms with Gasteiger partial charge in [0.05, 0.1) is 6.61 Å². The Hall–Kier alpha value is -1.36. The van der Waals surface area contributed by atoms with Crippen LogP contribution in [0.4, 0.5) is 5.69 Å². The summed E-state index contributed by atoms with van der Waals surface area (Å²) in [5.74, 6) is -0.520. The molecule has 0 aliphatic carbocycles. The lowest BCUT2D eigenvalue weighted by Gasteiger charge is -2.28. The molecule has 1 amide bonds. The van der Waals surface area contributed by atoms with Gasteiger partial charge in [0.25, 0.3) is 0 Å². The van der Waals surface area contributed by atoms with Crippen LogP contribution in [-0.4, -0.2) is 24.5 Å². The lowest BCUT2D eigenvalue weighted by Crippen LogP contribution is -2.45. The predicted molar refractivity (Wildman–Crippen MR) is 87.2 cm³/mol. The summed E-state index contributed by atoms with van der Waals surface area (Å²) in [7, 11) is 0. The summed E-state index contributed by atoms with van der Waals surface area (Å²) in [4.78, 5) is 25.7. The molecule has 1 unspecified atom stereocenters. The van der Waals surface area contributed by atoms with Crippen LogP contribution < -0.4 is 4.90 Å². The number of anilines is 1. The van der Waals surface area contributed by atoms with Gasteiger partial charge in [0.15, 0.2) is 0 Å². The van der Waals surface area contributed by atoms with Crippen molar-refractivity contribution in [2.45, 2.75) is 46.1 Å². The van der Waals surface area contributed by atoms with Gasteiger partial charge in [-0.2, -0.15) is 0 Å². The number of halogens is 1. The van der Waals surface area contributed by atoms with Crippen molar-refractivity contribution in [3.8, 4) is 0 Å². The molecule has 0 saturated heterocycles. The largest absolute Gasteiger partial charge is 0.464 e. The average Bonchev–Trinajstić information content (AvgIpc) is 2.44. The van der Waals surface area contributed by atoms with E-state index in [0.29, 0.717) is 18.7 Å². The molecule has 1 rings (SSSR count). The highest BCUT2D eigenvalue weighted by Gasteiger charge is 2.29. The molecule has 1 aromatic carbocycles. The molecule has 21 heavy (non-hydrogen) atoms. The highest BCUT2D eigenvalue weighted by atomic mass is 79.9. The van der Waals surface area contributed by atoms with Crippen LogP contribution >= 0.6 is 15.9 Å². The molecule has 0 aliphatic rings. The van der Waals surface area contributed by atoms with E-state index in [1.54, 1.807) is 0 Å². The third-order valence-corrected chi connectivity index (χ3v) is 3.63. The van der Waals surface area contributed by atoms with Crippen molar-refractivity contribution in [1.82, 2.24) is 0 Å². The summed E-state index contributed by atoms with van der Waals surface area (Å²) in [5.41, 5.74) is 0.691. The number of nitrogens with zero attached hydrogens (tertiary/aromatic N) is 1. The first-order valence-corrected chi connectivity index (χ1v) is 8.02. The number of benzene rings is 1. The minimum Gasteiger partial charge on any atom is -0.464 e. The zero-order valence-electron chi connectivity index (χ0n) is 12.8. The van der Waals surface area contributed by atoms with Crippen molar-refractivity contribution in [3.63, 3.8) is 0 Å². The molecular weight excluding hydrogens is 334 g/mol. The van der Waals surface area contributed by atoms with Crippen molar-refractivity contribution in [1.29, 1.82) is 0 Å². The molecule has 0 heterocycles. The molecule has 0 saturated carbocycles. The highest BCUT2D eigenvalue weighted by molar-refractivity contribution is 9.10. The van der Waals surface area contributed by atoms with E-state index >= 15 is 0 Å². The van der Waals surface area contributed by atoms with E-state index in [-0.39, 0.29) is 11.9 Å². The monoisotopic (exact) mass is 355 g/mol. The van der Waals surface area contributed by atoms with E-state index in [1.165, 1.54) is 11.8 Å². The molecule has 0 aromatic heterocycles. The Morgan fingerprint density at radius 1 is 1.33 bits per heavy atom. The molecule has 0 radical (unpaired) electrons. The Balaban J connectivity index is 2.96. The van der Waals surface area contributed by atoms with Gasteiger partial charge in [-0.3, -0.25) is 9.69 Å². The predicted octanol–water partition coefficient (Wildman–Crippen LogP) is 3.92. The van der Waals surface area contributed by atoms with E-state index < -0.39 is 6.04 Å². The zero-order chi connectivity index (χ0) is 15.8. The van der Waals surface area contributed by atoms with Crippen molar-refractivity contribution >= 4 is 33.5 Å². The minimum absolute atomic E-state index is 0.174. The number of unbranched alkanes of at least 4 members (excludes halogenated alkanes) is 1. The third-order valence-electron chi connectivity index (χ3n) is 3.14. The maximum atomic E-state index is 12.2. The van der Waals surface area contributed by atoms with Gasteiger partial charge in [-0.15, -0.1) is 0 Å². The summed E-state index contributed by atoms with van der Waals surface area (Å²) < 4.78 is 6.14. The van der Waals surface area contributed by atoms with Crippen LogP contribution in [0.2, 0.25) is 0 Å². The molecule has 1 atom stereocenters. The van der Waals surface area contributed by atoms with Crippen LogP contribution in [-0.2, 0) is 14.3 Å². The van der Waals surface area contributed by atoms with Gasteiger partial charge in [-0.05, 0) is 31.0 Å². The molecule has 116 valence electrons. The van der Waals surface area contributed by atoms with E-state index in [9.17, 15) is 9.59 Å². The van der Waals surface area contributed by atoms with Gasteiger partial charge < -0.3 is 4.74 Å². The van der Waals surface area contributed by atoms with Gasteiger partial charge in [0.2, 0.25) is 5.91 Å². The Bertz CT molecular complexity index is 490. The summed E-state index contributed by atoms with van der Waals surface area (Å²) >= 11 is 3.38. The molecule has 0 spiro atoms. The van der Waals surface area contributed by atoms with Crippen LogP contribution in [0.1, 0.15) is 40.0 Å². The van der Waals surface area contributed by atoms with Crippen molar-refractivity contribution < 1.29 is 14.3 Å². The lowest BCUT2D eigenvalue weighted by molar-refractivity contribution is -0.146. The van der Waals surface area contributed by atoms with E-state index in [2.05, 4.69) is 15.9 Å². The number of hydrogen-bond donors (Lipinski definition) is 0. The van der Waals surface area contributed by atoms with Crippen LogP contribution in [0.15, 0.2) is 28.7 Å². The van der Waals surface area contributed by atoms with Crippen molar-refractivity contribution in [2.24, 2.45) is 0 Å². The van der Waals surface area contributed by atoms with E-state index in [1.807, 2.05) is 38.1 Å². The fourth-order valence-electron chi connectivity index (χ4n) is 2.08. The topological polar surface area (TPSA) is 46.6 Å². The Morgan fingerprint density at radius 3 is 2.57 bits per heavy atom. The third kappa shape index (κ3) is 5.16. The average molecular weight is 356 g/mol. The first-order valence-electron chi connectivity index (χ1n) is 7.23. The second kappa shape index (κ2) is 8.82. The second-order valence-corrected chi connectivity index (χ2v) is 5.73. The van der Waals surface area contributed by atoms with Crippen molar-refractivity contribution in [2.75, 3.05) is 11.5 Å². The molecule has 0 N–H and O–H groups in total. The SMILES string of the molecule is CCCCOC(=O)C(CC)N(C(C)=O)c1cccc(Br)c1. The lowest BCUT2D eigenvalue weighted by atomic mass is 10.1. The number of esters is 1. The maximum absolute atomic E-state index is 12.2. The van der Waals surface area contributed by atoms with Gasteiger partial charge in [-0.25, -0.2) is 4.79 Å². The van der Waals surface area contributed by atoms with Crippen molar-refractivity contribution in [3.05, 3.63) is 28.7 Å². The highest BCUT2D eigenvalue weighted by Crippen LogP contribution is 2.23. The van der Waals surface area contributed by atoms with E-state index in [0.717, 1.165) is 17.3 Å². The standard InChI is InChI=1S/C16H22BrNO3/c1-4-6-10-21-16(20)15(5-2)18(12(3)19)14-9-7-8-13(17)11-14/h7-9,11,15H,4-6,10H2,1-3H3. The number of ether oxygens (including phenoxy) is 1. The molecule has 4 nitrogen and oxygen atoms in total. The molecule has 1 aromatic rings. The van der Waals surface area contributed by atoms with Crippen LogP contribution in [0.3, 0.4) is 0 Å². The Kier molecular flexibility index (Phi) is 7.43. The van der Waals surface area contributed by atoms with Gasteiger partial charge in [0, 0.05) is 17.1 Å². The smallest absolute Gasteiger partial charge is 0.329 e. The quantitative estimate of drug-likeness (QED) is 0.549. The number of carbonyl (C=O) groups is 2. The Morgan fingerprint density at radius 2 is 2.05 bits per heavy atom. The number of carbonyl (C=O) groups excluding carboxylic acids is 2. The summed E-state index contributed by atoms with van der Waals surface area (Å²) in [6.45, 7) is 5.77. The fourth-order valence-corrected chi connectivity index (χ4v) is 2.46. The van der Waals surface area contributed by atoms with Crippen LogP contribution in [0, 0.1) is 0 Å². The number of rotatable bonds is 7. The normalized spacial score (nSPS) is 11.8. The van der Waals surface area contributed by atoms with Gasteiger partial charge in [-0.1, -0.05) is 42.3 Å². The molecule has 0 aliphatic heterocycles. The summed E-state index contributed by atoms with van der Waals surface area (Å²) in [6.07, 6.45) is 2.31.